The van der Waals surface area contributed by atoms with Crippen molar-refractivity contribution >= 4 is 35.4 Å². The Hall–Kier alpha value is -3.42. The van der Waals surface area contributed by atoms with Crippen molar-refractivity contribution < 1.29 is 45.5 Å². The highest BCUT2D eigenvalue weighted by molar-refractivity contribution is 7.99. The van der Waals surface area contributed by atoms with Gasteiger partial charge in [-0.2, -0.15) is 26.3 Å². The quantitative estimate of drug-likeness (QED) is 0.444. The van der Waals surface area contributed by atoms with Gasteiger partial charge < -0.3 is 20.3 Å². The summed E-state index contributed by atoms with van der Waals surface area (Å²) in [4.78, 5) is 39.9. The van der Waals surface area contributed by atoms with Crippen LogP contribution in [0.15, 0.2) is 53.4 Å². The lowest BCUT2D eigenvalue weighted by atomic mass is 9.99. The fraction of sp³-hybridized carbons (Fsp3) is 0.423. The smallest absolute Gasteiger partial charge is 0.416 e. The second-order valence-corrected chi connectivity index (χ2v) is 11.0. The summed E-state index contributed by atoms with van der Waals surface area (Å²) in [5, 5.41) is 4.57. The van der Waals surface area contributed by atoms with Gasteiger partial charge in [0.15, 0.2) is 0 Å². The van der Waals surface area contributed by atoms with E-state index >= 15 is 0 Å². The monoisotopic (exact) mass is 591 g/mol. The largest absolute Gasteiger partial charge is 0.444 e. The molecule has 0 spiro atoms. The van der Waals surface area contributed by atoms with Crippen molar-refractivity contribution in [1.29, 1.82) is 0 Å². The van der Waals surface area contributed by atoms with Gasteiger partial charge in [0, 0.05) is 17.1 Å². The van der Waals surface area contributed by atoms with Gasteiger partial charge in [-0.15, -0.1) is 11.8 Å². The molecule has 218 valence electrons. The Bertz CT molecular complexity index is 1250. The Labute approximate surface area is 230 Å². The maximum atomic E-state index is 13.6. The van der Waals surface area contributed by atoms with E-state index in [4.69, 9.17) is 4.74 Å². The van der Waals surface area contributed by atoms with E-state index in [1.807, 2.05) is 0 Å². The molecule has 0 bridgehead atoms. The van der Waals surface area contributed by atoms with Crippen molar-refractivity contribution in [2.24, 2.45) is 0 Å². The first-order valence-electron chi connectivity index (χ1n) is 12.0. The number of alkyl halides is 6. The highest BCUT2D eigenvalue weighted by Crippen LogP contribution is 2.36. The SMILES string of the molecule is CC(C)(C)OC(=O)N[C@H](Cc1ccccc1C(F)(F)F)C(=O)N[C@@H]1CSc2ccccc2N(CC(F)(F)F)C1=O. The van der Waals surface area contributed by atoms with Crippen LogP contribution >= 0.6 is 11.8 Å². The number of anilines is 1. The van der Waals surface area contributed by atoms with Gasteiger partial charge in [-0.05, 0) is 44.5 Å². The minimum Gasteiger partial charge on any atom is -0.444 e. The highest BCUT2D eigenvalue weighted by Gasteiger charge is 2.40. The lowest BCUT2D eigenvalue weighted by Crippen LogP contribution is -2.56. The summed E-state index contributed by atoms with van der Waals surface area (Å²) >= 11 is 1.03. The summed E-state index contributed by atoms with van der Waals surface area (Å²) in [5.41, 5.74) is -2.35. The van der Waals surface area contributed by atoms with Crippen LogP contribution in [0.1, 0.15) is 31.9 Å². The number of fused-ring (bicyclic) bond motifs is 1. The van der Waals surface area contributed by atoms with Crippen LogP contribution in [0.25, 0.3) is 0 Å². The van der Waals surface area contributed by atoms with Gasteiger partial charge in [-0.3, -0.25) is 9.59 Å². The van der Waals surface area contributed by atoms with Crippen LogP contribution in [-0.4, -0.2) is 54.1 Å². The fourth-order valence-corrected chi connectivity index (χ4v) is 5.00. The number of halogens is 6. The van der Waals surface area contributed by atoms with Crippen molar-refractivity contribution in [2.45, 2.75) is 62.1 Å². The standard InChI is InChI=1S/C26H27F6N3O4S/c1-24(2,3)39-23(38)34-17(12-15-8-4-5-9-16(15)26(30,31)32)21(36)33-18-13-40-20-11-7-6-10-19(20)35(22(18)37)14-25(27,28)29/h4-11,17-18H,12-14H2,1-3H3,(H,33,36)(H,34,38)/t17-,18-/m1/s1. The number of hydrogen-bond acceptors (Lipinski definition) is 5. The number of nitrogens with one attached hydrogen (secondary N) is 2. The molecule has 1 aliphatic heterocycles. The number of benzene rings is 2. The number of nitrogens with zero attached hydrogens (tertiary/aromatic N) is 1. The van der Waals surface area contributed by atoms with E-state index < -0.39 is 66.5 Å². The third-order valence-electron chi connectivity index (χ3n) is 5.53. The lowest BCUT2D eigenvalue weighted by molar-refractivity contribution is -0.138. The Balaban J connectivity index is 1.91. The molecule has 0 saturated heterocycles. The molecule has 7 nitrogen and oxygen atoms in total. The second-order valence-electron chi connectivity index (χ2n) is 9.94. The molecule has 0 saturated carbocycles. The first kappa shape index (κ1) is 31.1. The zero-order chi connectivity index (χ0) is 29.9. The van der Waals surface area contributed by atoms with Gasteiger partial charge in [0.25, 0.3) is 5.91 Å². The number of ether oxygens (including phenoxy) is 1. The Morgan fingerprint density at radius 2 is 1.65 bits per heavy atom. The van der Waals surface area contributed by atoms with Crippen LogP contribution in [0.4, 0.5) is 36.8 Å². The number of alkyl carbamates (subject to hydrolysis) is 1. The third kappa shape index (κ3) is 8.54. The van der Waals surface area contributed by atoms with Crippen LogP contribution < -0.4 is 15.5 Å². The van der Waals surface area contributed by atoms with Crippen LogP contribution in [0, 0.1) is 0 Å². The minimum absolute atomic E-state index is 0.00843. The molecule has 0 aromatic heterocycles. The Kier molecular flexibility index (Phi) is 9.32. The fourth-order valence-electron chi connectivity index (χ4n) is 3.93. The van der Waals surface area contributed by atoms with E-state index in [1.54, 1.807) is 6.07 Å². The number of rotatable bonds is 6. The average Bonchev–Trinajstić information content (AvgIpc) is 2.93. The van der Waals surface area contributed by atoms with Crippen LogP contribution in [0.5, 0.6) is 0 Å². The molecular formula is C26H27F6N3O4S. The molecule has 2 atom stereocenters. The molecule has 2 aromatic carbocycles. The predicted octanol–water partition coefficient (Wildman–Crippen LogP) is 5.33. The summed E-state index contributed by atoms with van der Waals surface area (Å²) in [6, 6.07) is 7.23. The molecule has 3 rings (SSSR count). The first-order chi connectivity index (χ1) is 18.4. The molecule has 0 fully saturated rings. The maximum Gasteiger partial charge on any atom is 0.416 e. The van der Waals surface area contributed by atoms with Crippen LogP contribution in [-0.2, 0) is 26.9 Å². The first-order valence-corrected chi connectivity index (χ1v) is 13.0. The van der Waals surface area contributed by atoms with Crippen molar-refractivity contribution in [1.82, 2.24) is 10.6 Å². The Morgan fingerprint density at radius 1 is 1.02 bits per heavy atom. The van der Waals surface area contributed by atoms with E-state index in [2.05, 4.69) is 10.6 Å². The predicted molar refractivity (Wildman–Crippen MR) is 136 cm³/mol. The second kappa shape index (κ2) is 12.0. The normalized spacial score (nSPS) is 17.0. The summed E-state index contributed by atoms with van der Waals surface area (Å²) in [6.45, 7) is 2.99. The van der Waals surface area contributed by atoms with Crippen molar-refractivity contribution in [2.75, 3.05) is 17.2 Å². The molecule has 1 aliphatic rings. The van der Waals surface area contributed by atoms with Gasteiger partial charge in [-0.1, -0.05) is 30.3 Å². The topological polar surface area (TPSA) is 87.7 Å². The molecular weight excluding hydrogens is 564 g/mol. The van der Waals surface area contributed by atoms with E-state index in [1.165, 1.54) is 45.0 Å². The van der Waals surface area contributed by atoms with E-state index in [0.29, 0.717) is 9.80 Å². The Morgan fingerprint density at radius 3 is 2.27 bits per heavy atom. The summed E-state index contributed by atoms with van der Waals surface area (Å²) < 4.78 is 86.1. The molecule has 0 unspecified atom stereocenters. The highest BCUT2D eigenvalue weighted by atomic mass is 32.2. The van der Waals surface area contributed by atoms with Crippen LogP contribution in [0.3, 0.4) is 0 Å². The van der Waals surface area contributed by atoms with Gasteiger partial charge in [0.05, 0.1) is 11.3 Å². The average molecular weight is 592 g/mol. The van der Waals surface area contributed by atoms with Crippen molar-refractivity contribution in [3.63, 3.8) is 0 Å². The molecule has 3 amide bonds. The molecule has 0 radical (unpaired) electrons. The van der Waals surface area contributed by atoms with Gasteiger partial charge in [0.2, 0.25) is 5.91 Å². The zero-order valence-electron chi connectivity index (χ0n) is 21.7. The number of para-hydroxylation sites is 1. The van der Waals surface area contributed by atoms with Gasteiger partial charge in [-0.25, -0.2) is 4.79 Å². The molecule has 14 heteroatoms. The molecule has 2 N–H and O–H groups in total. The maximum absolute atomic E-state index is 13.6. The zero-order valence-corrected chi connectivity index (χ0v) is 22.5. The van der Waals surface area contributed by atoms with Gasteiger partial charge >= 0.3 is 18.4 Å². The number of carbonyl (C=O) groups is 3. The minimum atomic E-state index is -4.76. The molecule has 40 heavy (non-hydrogen) atoms. The van der Waals surface area contributed by atoms with E-state index in [0.717, 1.165) is 30.0 Å². The number of carbonyl (C=O) groups excluding carboxylic acids is 3. The van der Waals surface area contributed by atoms with E-state index in [9.17, 15) is 40.7 Å². The number of hydrogen-bond donors (Lipinski definition) is 2. The van der Waals surface area contributed by atoms with E-state index in [-0.39, 0.29) is 17.0 Å². The van der Waals surface area contributed by atoms with Crippen molar-refractivity contribution in [3.05, 3.63) is 59.7 Å². The number of amides is 3. The van der Waals surface area contributed by atoms with Crippen LogP contribution in [0.2, 0.25) is 0 Å². The van der Waals surface area contributed by atoms with Crippen molar-refractivity contribution in [3.8, 4) is 0 Å². The summed E-state index contributed by atoms with van der Waals surface area (Å²) in [7, 11) is 0. The molecule has 0 aliphatic carbocycles. The third-order valence-corrected chi connectivity index (χ3v) is 6.69. The summed E-state index contributed by atoms with van der Waals surface area (Å²) in [5.74, 6) is -2.29. The lowest BCUT2D eigenvalue weighted by Gasteiger charge is -2.28. The number of thioether (sulfide) groups is 1. The van der Waals surface area contributed by atoms with Gasteiger partial charge in [0.1, 0.15) is 24.2 Å². The summed E-state index contributed by atoms with van der Waals surface area (Å²) in [6.07, 6.45) is -11.3. The molecule has 1 heterocycles. The molecule has 2 aromatic rings.